The van der Waals surface area contributed by atoms with Gasteiger partial charge in [0, 0.05) is 24.2 Å². The smallest absolute Gasteiger partial charge is 0.338 e. The van der Waals surface area contributed by atoms with Crippen molar-refractivity contribution in [1.29, 1.82) is 0 Å². The number of hydrogen-bond donors (Lipinski definition) is 1. The van der Waals surface area contributed by atoms with E-state index in [1.54, 1.807) is 18.5 Å². The van der Waals surface area contributed by atoms with E-state index >= 15 is 0 Å². The maximum atomic E-state index is 14.3. The number of methoxy groups -OCH3 is 1. The molecule has 1 N–H and O–H groups in total. The second-order valence-corrected chi connectivity index (χ2v) is 9.70. The lowest BCUT2D eigenvalue weighted by Crippen LogP contribution is -2.53. The number of hydrogen-bond acceptors (Lipinski definition) is 8. The van der Waals surface area contributed by atoms with Crippen molar-refractivity contribution >= 4 is 29.1 Å². The van der Waals surface area contributed by atoms with Gasteiger partial charge in [-0.15, -0.1) is 11.3 Å². The number of carboxylic acids is 1. The monoisotopic (exact) mass is 508 g/mol. The van der Waals surface area contributed by atoms with Gasteiger partial charge in [0.15, 0.2) is 10.8 Å². The Kier molecular flexibility index (Phi) is 6.22. The van der Waals surface area contributed by atoms with Crippen LogP contribution in [0.3, 0.4) is 0 Å². The molecule has 1 aromatic heterocycles. The molecule has 1 saturated heterocycles. The zero-order chi connectivity index (χ0) is 25.6. The van der Waals surface area contributed by atoms with Gasteiger partial charge in [-0.2, -0.15) is 0 Å². The molecule has 0 amide bonds. The van der Waals surface area contributed by atoms with Gasteiger partial charge in [0.25, 0.3) is 5.92 Å². The molecule has 0 radical (unpaired) electrons. The van der Waals surface area contributed by atoms with Crippen molar-refractivity contribution in [3.63, 3.8) is 0 Å². The Morgan fingerprint density at radius 2 is 1.91 bits per heavy atom. The van der Waals surface area contributed by atoms with Crippen LogP contribution in [0, 0.1) is 5.82 Å². The summed E-state index contributed by atoms with van der Waals surface area (Å²) in [5, 5.41) is 11.9. The summed E-state index contributed by atoms with van der Waals surface area (Å²) in [6.07, 6.45) is 2.10. The van der Waals surface area contributed by atoms with Crippen LogP contribution < -0.4 is 0 Å². The number of carbonyl (C=O) groups excluding carboxylic acids is 1. The minimum atomic E-state index is -3.21. The highest BCUT2D eigenvalue weighted by molar-refractivity contribution is 7.11. The van der Waals surface area contributed by atoms with Crippen LogP contribution in [0.4, 0.5) is 13.2 Å². The fourth-order valence-electron chi connectivity index (χ4n) is 4.37. The number of alkyl halides is 2. The van der Waals surface area contributed by atoms with Crippen LogP contribution >= 0.6 is 11.3 Å². The first-order valence-corrected chi connectivity index (χ1v) is 11.5. The van der Waals surface area contributed by atoms with Crippen molar-refractivity contribution in [2.45, 2.75) is 37.3 Å². The number of nitrogens with zero attached hydrogens (tertiary/aromatic N) is 4. The number of halogens is 3. The Labute approximate surface area is 203 Å². The Morgan fingerprint density at radius 1 is 1.23 bits per heavy atom. The third-order valence-electron chi connectivity index (χ3n) is 6.35. The Balaban J connectivity index is 1.84. The Bertz CT molecular complexity index is 1200. The van der Waals surface area contributed by atoms with Crippen LogP contribution in [0.1, 0.15) is 30.8 Å². The maximum Gasteiger partial charge on any atom is 0.338 e. The minimum Gasteiger partial charge on any atom is -0.480 e. The highest BCUT2D eigenvalue weighted by atomic mass is 32.1. The molecule has 0 saturated carbocycles. The molecule has 2 aromatic rings. The number of aliphatic imine (C=N–C) groups is 1. The number of amidine groups is 1. The maximum absolute atomic E-state index is 14.3. The van der Waals surface area contributed by atoms with Crippen molar-refractivity contribution < 1.29 is 32.6 Å². The molecule has 2 aliphatic heterocycles. The number of likely N-dealkylation sites (tertiary alicyclic amines) is 1. The van der Waals surface area contributed by atoms with E-state index in [2.05, 4.69) is 4.98 Å². The molecule has 1 aromatic carbocycles. The second kappa shape index (κ2) is 8.76. The summed E-state index contributed by atoms with van der Waals surface area (Å²) in [6.45, 7) is 1.82. The highest BCUT2D eigenvalue weighted by Gasteiger charge is 2.57. The van der Waals surface area contributed by atoms with Crippen molar-refractivity contribution in [2.24, 2.45) is 4.99 Å². The van der Waals surface area contributed by atoms with Crippen LogP contribution in [0.25, 0.3) is 0 Å². The molecule has 8 nitrogen and oxygen atoms in total. The number of carboxylic acid groups (broad SMARTS) is 1. The van der Waals surface area contributed by atoms with Gasteiger partial charge in [-0.25, -0.2) is 27.9 Å². The van der Waals surface area contributed by atoms with Gasteiger partial charge in [0.2, 0.25) is 0 Å². The van der Waals surface area contributed by atoms with Crippen LogP contribution in [-0.4, -0.2) is 69.4 Å². The van der Waals surface area contributed by atoms with Gasteiger partial charge in [-0.3, -0.25) is 9.69 Å². The molecule has 2 aliphatic rings. The first kappa shape index (κ1) is 24.9. The van der Waals surface area contributed by atoms with Crippen molar-refractivity contribution in [1.82, 2.24) is 14.8 Å². The molecule has 1 fully saturated rings. The van der Waals surface area contributed by atoms with Crippen molar-refractivity contribution in [2.75, 3.05) is 20.3 Å². The van der Waals surface area contributed by atoms with Gasteiger partial charge in [0.1, 0.15) is 16.9 Å². The highest BCUT2D eigenvalue weighted by Crippen LogP contribution is 2.42. The SMILES string of the molecule is COC(=O)C1=CN(CN2CC(F)(F)CC2(C)C(=O)O)C(c2nccs2)=NC1(C)c1ccc(F)cc1. The van der Waals surface area contributed by atoms with E-state index in [0.29, 0.717) is 10.6 Å². The lowest BCUT2D eigenvalue weighted by molar-refractivity contribution is -0.149. The third kappa shape index (κ3) is 4.43. The number of esters is 1. The predicted octanol–water partition coefficient (Wildman–Crippen LogP) is 3.46. The number of benzene rings is 1. The first-order chi connectivity index (χ1) is 16.4. The summed E-state index contributed by atoms with van der Waals surface area (Å²) in [5.74, 6) is -5.53. The van der Waals surface area contributed by atoms with E-state index < -0.39 is 47.7 Å². The van der Waals surface area contributed by atoms with Crippen LogP contribution in [0.15, 0.2) is 52.6 Å². The molecule has 35 heavy (non-hydrogen) atoms. The van der Waals surface area contributed by atoms with Gasteiger partial charge < -0.3 is 14.7 Å². The van der Waals surface area contributed by atoms with Crippen molar-refractivity contribution in [3.8, 4) is 0 Å². The van der Waals surface area contributed by atoms with E-state index in [-0.39, 0.29) is 18.1 Å². The molecule has 0 spiro atoms. The Morgan fingerprint density at radius 3 is 2.49 bits per heavy atom. The third-order valence-corrected chi connectivity index (χ3v) is 7.12. The largest absolute Gasteiger partial charge is 0.480 e. The van der Waals surface area contributed by atoms with Crippen LogP contribution in [-0.2, 0) is 19.9 Å². The standard InChI is InChI=1S/C23H23F3N4O4S/c1-21(20(32)33)11-23(25,26)12-30(21)13-29-10-16(19(31)34-3)22(2,14-4-6-15(24)7-5-14)28-17(29)18-27-8-9-35-18/h4-10H,11-13H2,1-3H3,(H,32,33). The molecule has 4 rings (SSSR count). The zero-order valence-corrected chi connectivity index (χ0v) is 20.0. The van der Waals surface area contributed by atoms with E-state index in [1.807, 2.05) is 0 Å². The topological polar surface area (TPSA) is 95.3 Å². The summed E-state index contributed by atoms with van der Waals surface area (Å²) < 4.78 is 47.2. The number of thiazole rings is 1. The van der Waals surface area contributed by atoms with E-state index in [0.717, 1.165) is 4.90 Å². The van der Waals surface area contributed by atoms with Crippen LogP contribution in [0.5, 0.6) is 0 Å². The number of rotatable bonds is 6. The number of ether oxygens (including phenoxy) is 1. The zero-order valence-electron chi connectivity index (χ0n) is 19.2. The number of aromatic nitrogens is 1. The van der Waals surface area contributed by atoms with E-state index in [4.69, 9.17) is 9.73 Å². The van der Waals surface area contributed by atoms with Gasteiger partial charge in [0.05, 0.1) is 25.9 Å². The fraction of sp³-hybridized carbons (Fsp3) is 0.391. The molecular weight excluding hydrogens is 485 g/mol. The van der Waals surface area contributed by atoms with Gasteiger partial charge in [-0.05, 0) is 31.5 Å². The Hall–Kier alpha value is -3.25. The summed E-state index contributed by atoms with van der Waals surface area (Å²) in [4.78, 5) is 36.4. The average Bonchev–Trinajstić information content (AvgIpc) is 3.41. The molecule has 0 bridgehead atoms. The summed E-state index contributed by atoms with van der Waals surface area (Å²) >= 11 is 1.24. The average molecular weight is 509 g/mol. The van der Waals surface area contributed by atoms with E-state index in [9.17, 15) is 27.9 Å². The second-order valence-electron chi connectivity index (χ2n) is 8.81. The first-order valence-electron chi connectivity index (χ1n) is 10.6. The van der Waals surface area contributed by atoms with Crippen molar-refractivity contribution in [3.05, 3.63) is 64.0 Å². The predicted molar refractivity (Wildman–Crippen MR) is 122 cm³/mol. The van der Waals surface area contributed by atoms with Gasteiger partial charge in [-0.1, -0.05) is 12.1 Å². The summed E-state index contributed by atoms with van der Waals surface area (Å²) in [5.41, 5.74) is -2.60. The molecule has 0 aliphatic carbocycles. The number of aliphatic carboxylic acids is 1. The molecule has 2 atom stereocenters. The molecule has 186 valence electrons. The molecule has 12 heteroatoms. The minimum absolute atomic E-state index is 0.0647. The quantitative estimate of drug-likeness (QED) is 0.597. The fourth-order valence-corrected chi connectivity index (χ4v) is 5.01. The normalized spacial score (nSPS) is 26.3. The van der Waals surface area contributed by atoms with E-state index in [1.165, 1.54) is 60.7 Å². The van der Waals surface area contributed by atoms with Gasteiger partial charge >= 0.3 is 11.9 Å². The molecule has 3 heterocycles. The molecular formula is C23H23F3N4O4S. The summed E-state index contributed by atoms with van der Waals surface area (Å²) in [7, 11) is 1.20. The number of carbonyl (C=O) groups is 2. The summed E-state index contributed by atoms with van der Waals surface area (Å²) in [6, 6.07) is 5.47. The molecule has 2 unspecified atom stereocenters. The van der Waals surface area contributed by atoms with Crippen LogP contribution in [0.2, 0.25) is 0 Å². The lowest BCUT2D eigenvalue weighted by Gasteiger charge is -2.39. The lowest BCUT2D eigenvalue weighted by atomic mass is 9.84.